The molecule has 1 aliphatic rings. The van der Waals surface area contributed by atoms with Gasteiger partial charge in [-0.05, 0) is 23.3 Å². The van der Waals surface area contributed by atoms with E-state index in [4.69, 9.17) is 14.2 Å². The highest BCUT2D eigenvalue weighted by molar-refractivity contribution is 5.84. The van der Waals surface area contributed by atoms with Crippen LogP contribution in [0.3, 0.4) is 0 Å². The summed E-state index contributed by atoms with van der Waals surface area (Å²) in [7, 11) is 3.85. The van der Waals surface area contributed by atoms with Crippen LogP contribution in [0.2, 0.25) is 0 Å². The quantitative estimate of drug-likeness (QED) is 0.420. The first kappa shape index (κ1) is 21.1. The molecular formula is C21H22N2O7. The molecule has 0 aliphatic carbocycles. The van der Waals surface area contributed by atoms with Gasteiger partial charge in [0.25, 0.3) is 0 Å². The van der Waals surface area contributed by atoms with Crippen molar-refractivity contribution in [3.05, 3.63) is 75.8 Å². The lowest BCUT2D eigenvalue weighted by Crippen LogP contribution is -2.44. The molecule has 1 heterocycles. The fraction of sp³-hybridized carbons (Fsp3) is 0.333. The maximum absolute atomic E-state index is 12.8. The van der Waals surface area contributed by atoms with Gasteiger partial charge in [-0.3, -0.25) is 15.0 Å². The van der Waals surface area contributed by atoms with Gasteiger partial charge in [0.2, 0.25) is 6.04 Å². The van der Waals surface area contributed by atoms with E-state index in [0.717, 1.165) is 4.90 Å². The Labute approximate surface area is 173 Å². The van der Waals surface area contributed by atoms with E-state index in [-0.39, 0.29) is 0 Å². The summed E-state index contributed by atoms with van der Waals surface area (Å²) in [4.78, 5) is 38.4. The van der Waals surface area contributed by atoms with Gasteiger partial charge in [-0.1, -0.05) is 42.5 Å². The maximum Gasteiger partial charge on any atom is 0.411 e. The van der Waals surface area contributed by atoms with Crippen LogP contribution in [0, 0.1) is 10.1 Å². The van der Waals surface area contributed by atoms with Crippen molar-refractivity contribution in [3.8, 4) is 5.75 Å². The van der Waals surface area contributed by atoms with E-state index in [1.807, 2.05) is 0 Å². The zero-order chi connectivity index (χ0) is 21.8. The molecule has 1 amide bonds. The van der Waals surface area contributed by atoms with Crippen LogP contribution in [0.1, 0.15) is 23.1 Å². The van der Waals surface area contributed by atoms with E-state index in [1.54, 1.807) is 54.6 Å². The van der Waals surface area contributed by atoms with Crippen molar-refractivity contribution in [2.45, 2.75) is 24.0 Å². The summed E-state index contributed by atoms with van der Waals surface area (Å²) < 4.78 is 15.0. The number of hydrogen-bond donors (Lipinski definition) is 0. The number of hydrogen-bond acceptors (Lipinski definition) is 7. The molecule has 3 rings (SSSR count). The molecule has 0 unspecified atom stereocenters. The molecule has 1 aliphatic heterocycles. The molecule has 9 nitrogen and oxygen atoms in total. The van der Waals surface area contributed by atoms with Crippen LogP contribution in [0.4, 0.5) is 4.79 Å². The number of methoxy groups -OCH3 is 3. The number of benzene rings is 2. The molecule has 0 spiro atoms. The maximum atomic E-state index is 12.8. The van der Waals surface area contributed by atoms with Crippen molar-refractivity contribution in [2.24, 2.45) is 0 Å². The monoisotopic (exact) mass is 414 g/mol. The van der Waals surface area contributed by atoms with Crippen LogP contribution in [0.25, 0.3) is 0 Å². The molecule has 1 saturated heterocycles. The van der Waals surface area contributed by atoms with E-state index in [2.05, 4.69) is 0 Å². The summed E-state index contributed by atoms with van der Waals surface area (Å²) in [5.74, 6) is -1.15. The fourth-order valence-corrected chi connectivity index (χ4v) is 4.07. The van der Waals surface area contributed by atoms with Gasteiger partial charge >= 0.3 is 12.1 Å². The molecule has 158 valence electrons. The second kappa shape index (κ2) is 8.81. The van der Waals surface area contributed by atoms with Gasteiger partial charge < -0.3 is 14.2 Å². The Morgan fingerprint density at radius 2 is 1.57 bits per heavy atom. The van der Waals surface area contributed by atoms with Gasteiger partial charge in [-0.25, -0.2) is 9.59 Å². The Balaban J connectivity index is 2.23. The van der Waals surface area contributed by atoms with Gasteiger partial charge in [-0.2, -0.15) is 0 Å². The summed E-state index contributed by atoms with van der Waals surface area (Å²) >= 11 is 0. The van der Waals surface area contributed by atoms with Gasteiger partial charge in [0.1, 0.15) is 17.8 Å². The van der Waals surface area contributed by atoms with Gasteiger partial charge in [0.05, 0.1) is 27.2 Å². The van der Waals surface area contributed by atoms with Crippen LogP contribution in [0.15, 0.2) is 54.6 Å². The summed E-state index contributed by atoms with van der Waals surface area (Å²) in [6.07, 6.45) is -0.845. The zero-order valence-electron chi connectivity index (χ0n) is 16.8. The number of likely N-dealkylation sites (tertiary alicyclic amines) is 1. The zero-order valence-corrected chi connectivity index (χ0v) is 16.8. The summed E-state index contributed by atoms with van der Waals surface area (Å²) in [5.41, 5.74) is 1.04. The van der Waals surface area contributed by atoms with Gasteiger partial charge in [-0.15, -0.1) is 0 Å². The molecule has 0 bridgehead atoms. The molecule has 1 fully saturated rings. The average Bonchev–Trinajstić information content (AvgIpc) is 3.15. The van der Waals surface area contributed by atoms with E-state index in [1.165, 1.54) is 21.3 Å². The van der Waals surface area contributed by atoms with Crippen LogP contribution >= 0.6 is 0 Å². The second-order valence-electron chi connectivity index (χ2n) is 6.78. The molecule has 2 aromatic carbocycles. The SMILES string of the molecule is COC(=O)[C@@H]1[C@@H](c2ccc(OC)cc2)[C@H]([N+](=O)[O-])[C@H](c2ccccc2)N1C(=O)OC. The average molecular weight is 414 g/mol. The van der Waals surface area contributed by atoms with Gasteiger partial charge in [0, 0.05) is 4.92 Å². The molecule has 9 heteroatoms. The Morgan fingerprint density at radius 3 is 2.07 bits per heavy atom. The van der Waals surface area contributed by atoms with Crippen LogP contribution in [-0.2, 0) is 14.3 Å². The molecule has 0 N–H and O–H groups in total. The third-order valence-corrected chi connectivity index (χ3v) is 5.34. The predicted molar refractivity (Wildman–Crippen MR) is 106 cm³/mol. The molecule has 30 heavy (non-hydrogen) atoms. The van der Waals surface area contributed by atoms with Crippen molar-refractivity contribution >= 4 is 12.1 Å². The smallest absolute Gasteiger partial charge is 0.411 e. The molecule has 0 saturated carbocycles. The number of nitro groups is 1. The Bertz CT molecular complexity index is 917. The third kappa shape index (κ3) is 3.66. The number of rotatable bonds is 5. The minimum atomic E-state index is -1.30. The highest BCUT2D eigenvalue weighted by atomic mass is 16.6. The van der Waals surface area contributed by atoms with E-state index in [9.17, 15) is 19.7 Å². The largest absolute Gasteiger partial charge is 0.497 e. The fourth-order valence-electron chi connectivity index (χ4n) is 4.07. The Morgan fingerprint density at radius 1 is 0.933 bits per heavy atom. The minimum Gasteiger partial charge on any atom is -0.497 e. The van der Waals surface area contributed by atoms with Crippen molar-refractivity contribution < 1.29 is 28.7 Å². The summed E-state index contributed by atoms with van der Waals surface area (Å²) in [5, 5.41) is 12.3. The van der Waals surface area contributed by atoms with Crippen molar-refractivity contribution in [1.82, 2.24) is 4.90 Å². The topological polar surface area (TPSA) is 108 Å². The number of carbonyl (C=O) groups is 2. The Kier molecular flexibility index (Phi) is 6.20. The Hall–Kier alpha value is -3.62. The molecular weight excluding hydrogens is 392 g/mol. The minimum absolute atomic E-state index is 0.453. The first-order chi connectivity index (χ1) is 14.4. The second-order valence-corrected chi connectivity index (χ2v) is 6.78. The van der Waals surface area contributed by atoms with Crippen LogP contribution in [0.5, 0.6) is 5.75 Å². The third-order valence-electron chi connectivity index (χ3n) is 5.34. The number of ether oxygens (including phenoxy) is 3. The number of nitrogens with zero attached hydrogens (tertiary/aromatic N) is 2. The van der Waals surface area contributed by atoms with E-state index in [0.29, 0.717) is 16.9 Å². The standard InChI is InChI=1S/C21H22N2O7/c1-28-15-11-9-13(10-12-15)16-18(23(26)27)17(14-7-5-4-6-8-14)22(21(25)30-3)19(16)20(24)29-2/h4-12,16-19H,1-3H3/t16-,17-,18-,19-/m0/s1. The summed E-state index contributed by atoms with van der Waals surface area (Å²) in [6.45, 7) is 0. The lowest BCUT2D eigenvalue weighted by atomic mass is 9.85. The van der Waals surface area contributed by atoms with E-state index < -0.39 is 41.0 Å². The predicted octanol–water partition coefficient (Wildman–Crippen LogP) is 2.79. The van der Waals surface area contributed by atoms with Crippen molar-refractivity contribution in [2.75, 3.05) is 21.3 Å². The lowest BCUT2D eigenvalue weighted by molar-refractivity contribution is -0.528. The lowest BCUT2D eigenvalue weighted by Gasteiger charge is -2.27. The first-order valence-electron chi connectivity index (χ1n) is 9.21. The highest BCUT2D eigenvalue weighted by Gasteiger charge is 2.61. The number of amides is 1. The van der Waals surface area contributed by atoms with Crippen molar-refractivity contribution in [1.29, 1.82) is 0 Å². The molecule has 2 aromatic rings. The van der Waals surface area contributed by atoms with E-state index >= 15 is 0 Å². The summed E-state index contributed by atoms with van der Waals surface area (Å²) in [6, 6.07) is 11.6. The number of esters is 1. The molecule has 4 atom stereocenters. The van der Waals surface area contributed by atoms with Crippen molar-refractivity contribution in [3.63, 3.8) is 0 Å². The molecule has 0 aromatic heterocycles. The highest BCUT2D eigenvalue weighted by Crippen LogP contribution is 2.47. The van der Waals surface area contributed by atoms with Crippen LogP contribution in [-0.4, -0.2) is 55.3 Å². The molecule has 0 radical (unpaired) electrons. The number of carbonyl (C=O) groups excluding carboxylic acids is 2. The van der Waals surface area contributed by atoms with Crippen LogP contribution < -0.4 is 4.74 Å². The van der Waals surface area contributed by atoms with Gasteiger partial charge in [0.15, 0.2) is 0 Å². The normalized spacial score (nSPS) is 23.0. The first-order valence-corrected chi connectivity index (χ1v) is 9.21.